The van der Waals surface area contributed by atoms with Crippen LogP contribution in [0.25, 0.3) is 0 Å². The molecule has 0 bridgehead atoms. The lowest BCUT2D eigenvalue weighted by Gasteiger charge is -2.24. The Balaban J connectivity index is 1.38. The molecule has 27 heavy (non-hydrogen) atoms. The summed E-state index contributed by atoms with van der Waals surface area (Å²) in [5.41, 5.74) is -0.757. The van der Waals surface area contributed by atoms with E-state index in [-0.39, 0.29) is 30.9 Å². The Bertz CT molecular complexity index is 622. The molecule has 0 radical (unpaired) electrons. The first-order valence-corrected chi connectivity index (χ1v) is 9.35. The third-order valence-electron chi connectivity index (χ3n) is 5.32. The summed E-state index contributed by atoms with van der Waals surface area (Å²) in [5, 5.41) is 16.0. The fourth-order valence-corrected chi connectivity index (χ4v) is 3.85. The Morgan fingerprint density at radius 3 is 2.63 bits per heavy atom. The van der Waals surface area contributed by atoms with Gasteiger partial charge in [-0.3, -0.25) is 4.79 Å². The maximum Gasteiger partial charge on any atom is 0.416 e. The first-order chi connectivity index (χ1) is 12.8. The molecular formula is C19H25F3N2O3. The highest BCUT2D eigenvalue weighted by Crippen LogP contribution is 2.33. The smallest absolute Gasteiger partial charge is 0.416 e. The Labute approximate surface area is 156 Å². The number of ether oxygens (including phenoxy) is 1. The molecule has 2 fully saturated rings. The van der Waals surface area contributed by atoms with E-state index in [1.54, 1.807) is 0 Å². The molecule has 1 amide bonds. The highest BCUT2D eigenvalue weighted by Gasteiger charge is 2.38. The zero-order chi connectivity index (χ0) is 19.4. The van der Waals surface area contributed by atoms with E-state index in [4.69, 9.17) is 4.74 Å². The van der Waals surface area contributed by atoms with Crippen LogP contribution >= 0.6 is 0 Å². The Morgan fingerprint density at radius 2 is 1.96 bits per heavy atom. The predicted molar refractivity (Wildman–Crippen MR) is 93.2 cm³/mol. The van der Waals surface area contributed by atoms with E-state index in [2.05, 4.69) is 10.6 Å². The number of carbonyl (C=O) groups excluding carboxylic acids is 1. The van der Waals surface area contributed by atoms with Crippen LogP contribution in [0, 0.1) is 5.92 Å². The van der Waals surface area contributed by atoms with Crippen molar-refractivity contribution in [1.29, 1.82) is 0 Å². The van der Waals surface area contributed by atoms with E-state index in [0.29, 0.717) is 12.0 Å². The molecular weight excluding hydrogens is 361 g/mol. The standard InChI is InChI=1S/C19H25F3N2O3/c20-19(21,22)13-5-7-15(8-6-13)27-11-14(25)10-23-18(26)17-9-12-3-1-2-4-16(12)24-17/h5-8,12,14,16-17,24-25H,1-4,9-11H2,(H,23,26). The number of fused-ring (bicyclic) bond motifs is 1. The maximum atomic E-state index is 12.5. The minimum atomic E-state index is -4.39. The quantitative estimate of drug-likeness (QED) is 0.703. The van der Waals surface area contributed by atoms with Crippen LogP contribution in [0.5, 0.6) is 5.75 Å². The van der Waals surface area contributed by atoms with Crippen molar-refractivity contribution < 1.29 is 27.8 Å². The number of aliphatic hydroxyl groups is 1. The Hall–Kier alpha value is -1.80. The number of amides is 1. The number of aliphatic hydroxyl groups excluding tert-OH is 1. The van der Waals surface area contributed by atoms with Crippen LogP contribution < -0.4 is 15.4 Å². The fourth-order valence-electron chi connectivity index (χ4n) is 3.85. The summed E-state index contributed by atoms with van der Waals surface area (Å²) in [6.45, 7) is -0.0814. The molecule has 4 unspecified atom stereocenters. The minimum Gasteiger partial charge on any atom is -0.491 e. The molecule has 1 aromatic rings. The molecule has 1 aliphatic carbocycles. The zero-order valence-electron chi connectivity index (χ0n) is 15.0. The molecule has 1 aliphatic heterocycles. The van der Waals surface area contributed by atoms with E-state index in [1.807, 2.05) is 0 Å². The summed E-state index contributed by atoms with van der Waals surface area (Å²) in [4.78, 5) is 12.3. The van der Waals surface area contributed by atoms with Gasteiger partial charge in [0.25, 0.3) is 0 Å². The van der Waals surface area contributed by atoms with Gasteiger partial charge in [-0.05, 0) is 49.4 Å². The van der Waals surface area contributed by atoms with Crippen molar-refractivity contribution in [3.05, 3.63) is 29.8 Å². The number of alkyl halides is 3. The van der Waals surface area contributed by atoms with Gasteiger partial charge in [0.2, 0.25) is 5.91 Å². The zero-order valence-corrected chi connectivity index (χ0v) is 15.0. The second-order valence-electron chi connectivity index (χ2n) is 7.34. The van der Waals surface area contributed by atoms with Crippen molar-refractivity contribution in [2.45, 2.75) is 56.5 Å². The van der Waals surface area contributed by atoms with E-state index in [9.17, 15) is 23.1 Å². The number of carbonyl (C=O) groups is 1. The van der Waals surface area contributed by atoms with E-state index in [1.165, 1.54) is 25.0 Å². The molecule has 8 heteroatoms. The third-order valence-corrected chi connectivity index (χ3v) is 5.32. The van der Waals surface area contributed by atoms with Gasteiger partial charge in [-0.2, -0.15) is 13.2 Å². The van der Waals surface area contributed by atoms with Crippen molar-refractivity contribution in [3.8, 4) is 5.75 Å². The van der Waals surface area contributed by atoms with Crippen LogP contribution in [0.2, 0.25) is 0 Å². The highest BCUT2D eigenvalue weighted by molar-refractivity contribution is 5.82. The van der Waals surface area contributed by atoms with Gasteiger partial charge in [0.05, 0.1) is 11.6 Å². The summed E-state index contributed by atoms with van der Waals surface area (Å²) in [7, 11) is 0. The van der Waals surface area contributed by atoms with Crippen LogP contribution in [0.4, 0.5) is 13.2 Å². The van der Waals surface area contributed by atoms with Crippen LogP contribution in [0.15, 0.2) is 24.3 Å². The summed E-state index contributed by atoms with van der Waals surface area (Å²) in [6.07, 6.45) is 0.172. The molecule has 150 valence electrons. The van der Waals surface area contributed by atoms with Gasteiger partial charge in [0.15, 0.2) is 0 Å². The second-order valence-corrected chi connectivity index (χ2v) is 7.34. The van der Waals surface area contributed by atoms with Crippen molar-refractivity contribution in [2.24, 2.45) is 5.92 Å². The molecule has 1 heterocycles. The Morgan fingerprint density at radius 1 is 1.26 bits per heavy atom. The van der Waals surface area contributed by atoms with E-state index < -0.39 is 17.8 Å². The molecule has 1 aromatic carbocycles. The largest absolute Gasteiger partial charge is 0.491 e. The average Bonchev–Trinajstić information content (AvgIpc) is 3.08. The SMILES string of the molecule is O=C(NCC(O)COc1ccc(C(F)(F)F)cc1)C1CC2CCCCC2N1. The van der Waals surface area contributed by atoms with Crippen molar-refractivity contribution >= 4 is 5.91 Å². The topological polar surface area (TPSA) is 70.6 Å². The van der Waals surface area contributed by atoms with E-state index >= 15 is 0 Å². The second kappa shape index (κ2) is 8.48. The Kier molecular flexibility index (Phi) is 6.26. The lowest BCUT2D eigenvalue weighted by molar-refractivity contribution is -0.137. The maximum absolute atomic E-state index is 12.5. The lowest BCUT2D eigenvalue weighted by Crippen LogP contribution is -2.45. The number of rotatable bonds is 6. The molecule has 1 saturated heterocycles. The van der Waals surface area contributed by atoms with Gasteiger partial charge < -0.3 is 20.5 Å². The first kappa shape index (κ1) is 19.9. The first-order valence-electron chi connectivity index (χ1n) is 9.35. The fraction of sp³-hybridized carbons (Fsp3) is 0.632. The summed E-state index contributed by atoms with van der Waals surface area (Å²) in [5.74, 6) is 0.662. The normalized spacial score (nSPS) is 26.3. The highest BCUT2D eigenvalue weighted by atomic mass is 19.4. The van der Waals surface area contributed by atoms with Crippen molar-refractivity contribution in [3.63, 3.8) is 0 Å². The number of benzene rings is 1. The molecule has 4 atom stereocenters. The van der Waals surface area contributed by atoms with Gasteiger partial charge in [-0.15, -0.1) is 0 Å². The van der Waals surface area contributed by atoms with E-state index in [0.717, 1.165) is 31.4 Å². The monoisotopic (exact) mass is 386 g/mol. The van der Waals surface area contributed by atoms with Crippen LogP contribution in [0.1, 0.15) is 37.7 Å². The van der Waals surface area contributed by atoms with Gasteiger partial charge in [0, 0.05) is 12.6 Å². The van der Waals surface area contributed by atoms with Gasteiger partial charge in [-0.25, -0.2) is 0 Å². The van der Waals surface area contributed by atoms with Crippen LogP contribution in [0.3, 0.4) is 0 Å². The molecule has 0 spiro atoms. The summed E-state index contributed by atoms with van der Waals surface area (Å²) in [6, 6.07) is 4.46. The number of hydrogen-bond donors (Lipinski definition) is 3. The van der Waals surface area contributed by atoms with Gasteiger partial charge in [0.1, 0.15) is 18.5 Å². The van der Waals surface area contributed by atoms with Crippen LogP contribution in [-0.4, -0.2) is 42.4 Å². The molecule has 0 aromatic heterocycles. The minimum absolute atomic E-state index is 0.0347. The summed E-state index contributed by atoms with van der Waals surface area (Å²) < 4.78 is 42.8. The average molecular weight is 386 g/mol. The number of nitrogens with one attached hydrogen (secondary N) is 2. The van der Waals surface area contributed by atoms with Crippen molar-refractivity contribution in [2.75, 3.05) is 13.2 Å². The third kappa shape index (κ3) is 5.35. The molecule has 1 saturated carbocycles. The van der Waals surface area contributed by atoms with Gasteiger partial charge in [-0.1, -0.05) is 12.8 Å². The number of halogens is 3. The van der Waals surface area contributed by atoms with Crippen LogP contribution in [-0.2, 0) is 11.0 Å². The molecule has 3 N–H and O–H groups in total. The molecule has 3 rings (SSSR count). The molecule has 2 aliphatic rings. The van der Waals surface area contributed by atoms with Crippen molar-refractivity contribution in [1.82, 2.24) is 10.6 Å². The summed E-state index contributed by atoms with van der Waals surface area (Å²) >= 11 is 0. The lowest BCUT2D eigenvalue weighted by atomic mass is 9.85. The van der Waals surface area contributed by atoms with Gasteiger partial charge >= 0.3 is 6.18 Å². The number of hydrogen-bond acceptors (Lipinski definition) is 4. The molecule has 5 nitrogen and oxygen atoms in total. The predicted octanol–water partition coefficient (Wildman–Crippen LogP) is 2.48.